The van der Waals surface area contributed by atoms with Crippen molar-refractivity contribution >= 4 is 17.9 Å². The number of ether oxygens (including phenoxy) is 1. The molecule has 0 atom stereocenters. The number of carbonyl (C=O) groups excluding carboxylic acids is 1. The van der Waals surface area contributed by atoms with Gasteiger partial charge in [0.2, 0.25) is 0 Å². The maximum Gasteiger partial charge on any atom is 0.434 e. The van der Waals surface area contributed by atoms with Gasteiger partial charge in [-0.25, -0.2) is 19.7 Å². The number of hydrogen-bond acceptors (Lipinski definition) is 7. The first-order valence-electron chi connectivity index (χ1n) is 12.7. The van der Waals surface area contributed by atoms with Gasteiger partial charge in [0.1, 0.15) is 11.6 Å². The summed E-state index contributed by atoms with van der Waals surface area (Å²) in [7, 11) is 1.53. The molecular formula is C29H29F3N6O2. The quantitative estimate of drug-likeness (QED) is 0.194. The van der Waals surface area contributed by atoms with Gasteiger partial charge in [0.05, 0.1) is 12.3 Å². The monoisotopic (exact) mass is 550 g/mol. The van der Waals surface area contributed by atoms with E-state index in [9.17, 15) is 18.0 Å². The molecule has 0 unspecified atom stereocenters. The van der Waals surface area contributed by atoms with E-state index in [1.54, 1.807) is 49.7 Å². The summed E-state index contributed by atoms with van der Waals surface area (Å²) in [6, 6.07) is 10.8. The summed E-state index contributed by atoms with van der Waals surface area (Å²) in [6.07, 6.45) is 2.71. The number of esters is 1. The van der Waals surface area contributed by atoms with E-state index < -0.39 is 17.8 Å². The predicted octanol–water partition coefficient (Wildman–Crippen LogP) is 6.27. The fourth-order valence-corrected chi connectivity index (χ4v) is 4.03. The third-order valence-corrected chi connectivity index (χ3v) is 5.97. The summed E-state index contributed by atoms with van der Waals surface area (Å²) < 4.78 is 45.5. The van der Waals surface area contributed by atoms with E-state index in [-0.39, 0.29) is 18.3 Å². The van der Waals surface area contributed by atoms with E-state index in [0.29, 0.717) is 29.3 Å². The molecule has 0 saturated carbocycles. The minimum atomic E-state index is -4.51. The lowest BCUT2D eigenvalue weighted by Gasteiger charge is -2.14. The van der Waals surface area contributed by atoms with Gasteiger partial charge in [-0.15, -0.1) is 0 Å². The molecule has 0 radical (unpaired) electrons. The lowest BCUT2D eigenvalue weighted by Crippen LogP contribution is -2.07. The Balaban J connectivity index is 1.60. The summed E-state index contributed by atoms with van der Waals surface area (Å²) in [4.78, 5) is 29.4. The van der Waals surface area contributed by atoms with Gasteiger partial charge >= 0.3 is 12.1 Å². The van der Waals surface area contributed by atoms with Crippen molar-refractivity contribution < 1.29 is 22.7 Å². The van der Waals surface area contributed by atoms with Crippen LogP contribution in [0.5, 0.6) is 0 Å². The second-order valence-electron chi connectivity index (χ2n) is 9.28. The Morgan fingerprint density at radius 3 is 2.52 bits per heavy atom. The number of rotatable bonds is 9. The first-order valence-corrected chi connectivity index (χ1v) is 12.7. The number of nitrogens with zero attached hydrogens (tertiary/aromatic N) is 5. The number of pyridine rings is 1. The molecule has 1 N–H and O–H groups in total. The maximum absolute atomic E-state index is 13.1. The number of halogens is 3. The molecule has 8 nitrogen and oxygen atoms in total. The zero-order valence-electron chi connectivity index (χ0n) is 22.5. The number of carbonyl (C=O) groups is 1. The topological polar surface area (TPSA) is 94.8 Å². The van der Waals surface area contributed by atoms with E-state index in [2.05, 4.69) is 20.3 Å². The molecule has 3 aromatic heterocycles. The Labute approximate surface area is 230 Å². The molecule has 0 saturated heterocycles. The molecule has 0 aliphatic heterocycles. The normalized spacial score (nSPS) is 11.8. The highest BCUT2D eigenvalue weighted by atomic mass is 19.4. The van der Waals surface area contributed by atoms with Crippen molar-refractivity contribution in [3.63, 3.8) is 0 Å². The number of benzene rings is 1. The third-order valence-electron chi connectivity index (χ3n) is 5.97. The Bertz CT molecular complexity index is 1510. The van der Waals surface area contributed by atoms with Crippen LogP contribution in [0.2, 0.25) is 0 Å². The van der Waals surface area contributed by atoms with E-state index in [4.69, 9.17) is 9.72 Å². The fourth-order valence-electron chi connectivity index (χ4n) is 4.03. The van der Waals surface area contributed by atoms with Crippen LogP contribution in [0.1, 0.15) is 49.2 Å². The van der Waals surface area contributed by atoms with Crippen molar-refractivity contribution in [1.82, 2.24) is 24.5 Å². The number of aromatic nitrogens is 5. The molecule has 4 aromatic rings. The van der Waals surface area contributed by atoms with Crippen molar-refractivity contribution in [2.24, 2.45) is 7.05 Å². The van der Waals surface area contributed by atoms with E-state index >= 15 is 0 Å². The molecule has 3 heterocycles. The van der Waals surface area contributed by atoms with Crippen LogP contribution in [0.4, 0.5) is 19.0 Å². The number of aryl methyl sites for hydroxylation is 1. The molecule has 0 amide bonds. The number of nitrogens with one attached hydrogen (secondary N) is 1. The van der Waals surface area contributed by atoms with Crippen LogP contribution in [0.15, 0.2) is 61.1 Å². The molecule has 40 heavy (non-hydrogen) atoms. The Hall–Kier alpha value is -4.54. The van der Waals surface area contributed by atoms with Crippen LogP contribution in [0, 0.1) is 0 Å². The van der Waals surface area contributed by atoms with E-state index in [1.165, 1.54) is 17.7 Å². The molecule has 0 bridgehead atoms. The van der Waals surface area contributed by atoms with Gasteiger partial charge in [0.15, 0.2) is 11.5 Å². The first kappa shape index (κ1) is 28.5. The van der Waals surface area contributed by atoms with Gasteiger partial charge in [-0.1, -0.05) is 38.1 Å². The summed E-state index contributed by atoms with van der Waals surface area (Å²) in [5.41, 5.74) is 2.73. The standard InChI is InChI=1S/C29H29F3N6O2/c1-5-40-24(39)13-12-21-16-35-27(22-7-6-14-33-25(22)18(2)3)37-26(21)34-15-19-8-10-20(11-9-19)28-36-23(17-38(28)4)29(30,31)32/h6-14,16-18H,5,15H2,1-4H3,(H,34,35,37)/b13-12+. The van der Waals surface area contributed by atoms with Gasteiger partial charge in [-0.2, -0.15) is 13.2 Å². The van der Waals surface area contributed by atoms with Crippen molar-refractivity contribution in [1.29, 1.82) is 0 Å². The van der Waals surface area contributed by atoms with Crippen LogP contribution in [0.3, 0.4) is 0 Å². The lowest BCUT2D eigenvalue weighted by molar-refractivity contribution is -0.141. The van der Waals surface area contributed by atoms with Crippen molar-refractivity contribution in [3.8, 4) is 22.8 Å². The van der Waals surface area contributed by atoms with Gasteiger partial charge in [0.25, 0.3) is 0 Å². The van der Waals surface area contributed by atoms with Crippen LogP contribution in [0.25, 0.3) is 28.9 Å². The zero-order valence-corrected chi connectivity index (χ0v) is 22.5. The van der Waals surface area contributed by atoms with E-state index in [1.807, 2.05) is 26.0 Å². The largest absolute Gasteiger partial charge is 0.463 e. The SMILES string of the molecule is CCOC(=O)/C=C/c1cnc(-c2cccnc2C(C)C)nc1NCc1ccc(-c2nc(C(F)(F)F)cn2C)cc1. The molecule has 0 aliphatic rings. The van der Waals surface area contributed by atoms with Crippen molar-refractivity contribution in [2.75, 3.05) is 11.9 Å². The summed E-state index contributed by atoms with van der Waals surface area (Å²) in [6.45, 7) is 6.43. The fraction of sp³-hybridized carbons (Fsp3) is 0.276. The Morgan fingerprint density at radius 1 is 1.12 bits per heavy atom. The minimum Gasteiger partial charge on any atom is -0.463 e. The zero-order chi connectivity index (χ0) is 28.9. The molecule has 11 heteroatoms. The molecule has 4 rings (SSSR count). The highest BCUT2D eigenvalue weighted by molar-refractivity contribution is 5.88. The summed E-state index contributed by atoms with van der Waals surface area (Å²) in [5, 5.41) is 3.29. The van der Waals surface area contributed by atoms with Crippen LogP contribution >= 0.6 is 0 Å². The van der Waals surface area contributed by atoms with Crippen molar-refractivity contribution in [3.05, 3.63) is 83.6 Å². The second kappa shape index (κ2) is 12.1. The van der Waals surface area contributed by atoms with Crippen molar-refractivity contribution in [2.45, 2.75) is 39.4 Å². The molecular weight excluding hydrogens is 521 g/mol. The molecule has 1 aromatic carbocycles. The first-order chi connectivity index (χ1) is 19.1. The summed E-state index contributed by atoms with van der Waals surface area (Å²) >= 11 is 0. The average molecular weight is 551 g/mol. The summed E-state index contributed by atoms with van der Waals surface area (Å²) in [5.74, 6) is 0.871. The smallest absolute Gasteiger partial charge is 0.434 e. The van der Waals surface area contributed by atoms with Crippen LogP contribution in [-0.2, 0) is 29.3 Å². The highest BCUT2D eigenvalue weighted by Crippen LogP contribution is 2.31. The lowest BCUT2D eigenvalue weighted by atomic mass is 10.0. The van der Waals surface area contributed by atoms with Gasteiger partial charge in [0, 0.05) is 54.9 Å². The Kier molecular flexibility index (Phi) is 8.61. The molecule has 0 fully saturated rings. The van der Waals surface area contributed by atoms with Crippen LogP contribution in [-0.4, -0.2) is 37.1 Å². The predicted molar refractivity (Wildman–Crippen MR) is 146 cm³/mol. The second-order valence-corrected chi connectivity index (χ2v) is 9.28. The minimum absolute atomic E-state index is 0.157. The van der Waals surface area contributed by atoms with Gasteiger partial charge in [-0.3, -0.25) is 4.98 Å². The number of hydrogen-bond donors (Lipinski definition) is 1. The average Bonchev–Trinajstić information content (AvgIpc) is 3.33. The van der Waals surface area contributed by atoms with Gasteiger partial charge < -0.3 is 14.6 Å². The number of imidazole rings is 1. The molecule has 208 valence electrons. The number of alkyl halides is 3. The number of anilines is 1. The molecule has 0 aliphatic carbocycles. The third kappa shape index (κ3) is 6.71. The Morgan fingerprint density at radius 2 is 1.88 bits per heavy atom. The van der Waals surface area contributed by atoms with E-state index in [0.717, 1.165) is 23.0 Å². The maximum atomic E-state index is 13.1. The van der Waals surface area contributed by atoms with Crippen LogP contribution < -0.4 is 5.32 Å². The molecule has 0 spiro atoms. The highest BCUT2D eigenvalue weighted by Gasteiger charge is 2.34. The van der Waals surface area contributed by atoms with Gasteiger partial charge in [-0.05, 0) is 36.6 Å².